The molecule has 0 bridgehead atoms. The van der Waals surface area contributed by atoms with Crippen LogP contribution in [-0.4, -0.2) is 11.7 Å². The number of carbonyl (C=O) groups excluding carboxylic acids is 1. The van der Waals surface area contributed by atoms with Gasteiger partial charge in [-0.05, 0) is 39.8 Å². The summed E-state index contributed by atoms with van der Waals surface area (Å²) in [5, 5.41) is 2.46. The Morgan fingerprint density at radius 1 is 1.44 bits per heavy atom. The molecule has 18 heavy (non-hydrogen) atoms. The molecular formula is C13H19FN2O2. The summed E-state index contributed by atoms with van der Waals surface area (Å²) in [5.74, 6) is -0.446. The van der Waals surface area contributed by atoms with Crippen molar-refractivity contribution in [3.63, 3.8) is 0 Å². The molecule has 0 unspecified atom stereocenters. The first-order chi connectivity index (χ1) is 8.19. The molecule has 100 valence electrons. The third kappa shape index (κ3) is 4.33. The predicted molar refractivity (Wildman–Crippen MR) is 68.9 cm³/mol. The minimum Gasteiger partial charge on any atom is -0.444 e. The van der Waals surface area contributed by atoms with Gasteiger partial charge in [0.25, 0.3) is 0 Å². The van der Waals surface area contributed by atoms with Gasteiger partial charge < -0.3 is 10.5 Å². The van der Waals surface area contributed by atoms with Crippen LogP contribution in [0.15, 0.2) is 18.2 Å². The Hall–Kier alpha value is -1.62. The van der Waals surface area contributed by atoms with Gasteiger partial charge in [0.15, 0.2) is 0 Å². The highest BCUT2D eigenvalue weighted by Crippen LogP contribution is 2.19. The van der Waals surface area contributed by atoms with Gasteiger partial charge in [0.1, 0.15) is 11.4 Å². The number of nitrogens with two attached hydrogens (primary N) is 1. The Bertz CT molecular complexity index is 439. The number of amides is 1. The molecule has 0 aliphatic carbocycles. The number of halogens is 1. The van der Waals surface area contributed by atoms with Crippen molar-refractivity contribution in [3.05, 3.63) is 29.6 Å². The number of nitrogens with one attached hydrogen (secondary N) is 1. The average molecular weight is 254 g/mol. The van der Waals surface area contributed by atoms with Crippen molar-refractivity contribution in [2.24, 2.45) is 5.73 Å². The minimum atomic E-state index is -0.615. The fourth-order valence-corrected chi connectivity index (χ4v) is 1.40. The first-order valence-electron chi connectivity index (χ1n) is 5.74. The lowest BCUT2D eigenvalue weighted by Gasteiger charge is -2.19. The summed E-state index contributed by atoms with van der Waals surface area (Å²) in [6.45, 7) is 6.96. The van der Waals surface area contributed by atoms with Crippen molar-refractivity contribution in [1.82, 2.24) is 0 Å². The molecule has 3 N–H and O–H groups in total. The summed E-state index contributed by atoms with van der Waals surface area (Å²) in [7, 11) is 0. The van der Waals surface area contributed by atoms with E-state index in [0.29, 0.717) is 11.3 Å². The molecule has 0 fully saturated rings. The molecule has 0 spiro atoms. The molecule has 0 aliphatic rings. The summed E-state index contributed by atoms with van der Waals surface area (Å²) in [6, 6.07) is 3.97. The van der Waals surface area contributed by atoms with E-state index in [2.05, 4.69) is 5.32 Å². The zero-order valence-corrected chi connectivity index (χ0v) is 11.1. The number of anilines is 1. The zero-order chi connectivity index (χ0) is 13.9. The van der Waals surface area contributed by atoms with E-state index in [4.69, 9.17) is 10.5 Å². The van der Waals surface area contributed by atoms with Gasteiger partial charge in [-0.3, -0.25) is 5.32 Å². The van der Waals surface area contributed by atoms with Gasteiger partial charge in [0.05, 0.1) is 0 Å². The summed E-state index contributed by atoms with van der Waals surface area (Å²) < 4.78 is 18.7. The molecule has 0 saturated carbocycles. The Kier molecular flexibility index (Phi) is 4.29. The third-order valence-electron chi connectivity index (χ3n) is 2.14. The smallest absolute Gasteiger partial charge is 0.412 e. The largest absolute Gasteiger partial charge is 0.444 e. The molecule has 0 aliphatic heterocycles. The fraction of sp³-hybridized carbons (Fsp3) is 0.462. The minimum absolute atomic E-state index is 0.339. The molecular weight excluding hydrogens is 235 g/mol. The molecule has 1 aromatic carbocycles. The second-order valence-corrected chi connectivity index (χ2v) is 5.15. The van der Waals surface area contributed by atoms with Gasteiger partial charge in [0, 0.05) is 17.3 Å². The van der Waals surface area contributed by atoms with E-state index >= 15 is 0 Å². The van der Waals surface area contributed by atoms with Crippen LogP contribution in [0.4, 0.5) is 14.9 Å². The predicted octanol–water partition coefficient (Wildman–Crippen LogP) is 3.19. The summed E-state index contributed by atoms with van der Waals surface area (Å²) >= 11 is 0. The molecule has 0 saturated heterocycles. The molecule has 1 rings (SSSR count). The van der Waals surface area contributed by atoms with Crippen LogP contribution in [-0.2, 0) is 4.74 Å². The van der Waals surface area contributed by atoms with Crippen molar-refractivity contribution in [1.29, 1.82) is 0 Å². The second-order valence-electron chi connectivity index (χ2n) is 5.15. The van der Waals surface area contributed by atoms with E-state index < -0.39 is 17.5 Å². The highest BCUT2D eigenvalue weighted by Gasteiger charge is 2.16. The molecule has 1 amide bonds. The highest BCUT2D eigenvalue weighted by atomic mass is 19.1. The Labute approximate surface area is 106 Å². The van der Waals surface area contributed by atoms with Gasteiger partial charge in [-0.1, -0.05) is 6.07 Å². The zero-order valence-electron chi connectivity index (χ0n) is 11.1. The molecule has 5 heteroatoms. The summed E-state index contributed by atoms with van der Waals surface area (Å²) in [4.78, 5) is 11.5. The van der Waals surface area contributed by atoms with Gasteiger partial charge in [-0.2, -0.15) is 0 Å². The number of hydrogen-bond donors (Lipinski definition) is 2. The first kappa shape index (κ1) is 14.4. The number of hydrogen-bond acceptors (Lipinski definition) is 3. The molecule has 0 heterocycles. The van der Waals surface area contributed by atoms with E-state index in [1.807, 2.05) is 0 Å². The Morgan fingerprint density at radius 3 is 2.50 bits per heavy atom. The van der Waals surface area contributed by atoms with Crippen LogP contribution in [0.2, 0.25) is 0 Å². The van der Waals surface area contributed by atoms with Gasteiger partial charge in [0.2, 0.25) is 0 Å². The van der Waals surface area contributed by atoms with Gasteiger partial charge in [-0.25, -0.2) is 9.18 Å². The summed E-state index contributed by atoms with van der Waals surface area (Å²) in [6.07, 6.45) is -0.615. The topological polar surface area (TPSA) is 64.3 Å². The number of rotatable bonds is 2. The van der Waals surface area contributed by atoms with Crippen LogP contribution in [0.3, 0.4) is 0 Å². The highest BCUT2D eigenvalue weighted by molar-refractivity contribution is 5.84. The maximum absolute atomic E-state index is 13.6. The number of benzene rings is 1. The van der Waals surface area contributed by atoms with Crippen LogP contribution in [0, 0.1) is 5.82 Å². The van der Waals surface area contributed by atoms with Crippen molar-refractivity contribution < 1.29 is 13.9 Å². The number of ether oxygens (including phenoxy) is 1. The van der Waals surface area contributed by atoms with E-state index in [9.17, 15) is 9.18 Å². The lowest BCUT2D eigenvalue weighted by Crippen LogP contribution is -2.27. The molecule has 1 aromatic rings. The maximum atomic E-state index is 13.6. The van der Waals surface area contributed by atoms with Crippen LogP contribution in [0.25, 0.3) is 0 Å². The normalized spacial score (nSPS) is 13.0. The molecule has 4 nitrogen and oxygen atoms in total. The van der Waals surface area contributed by atoms with Crippen molar-refractivity contribution in [2.75, 3.05) is 5.32 Å². The quantitative estimate of drug-likeness (QED) is 0.851. The van der Waals surface area contributed by atoms with E-state index in [-0.39, 0.29) is 6.04 Å². The summed E-state index contributed by atoms with van der Waals surface area (Å²) in [5.41, 5.74) is 5.75. The van der Waals surface area contributed by atoms with Gasteiger partial charge >= 0.3 is 6.09 Å². The number of carbonyl (C=O) groups is 1. The Balaban J connectivity index is 2.75. The van der Waals surface area contributed by atoms with E-state index in [0.717, 1.165) is 0 Å². The lowest BCUT2D eigenvalue weighted by atomic mass is 10.1. The average Bonchev–Trinajstić information content (AvgIpc) is 2.13. The van der Waals surface area contributed by atoms with Gasteiger partial charge in [-0.15, -0.1) is 0 Å². The van der Waals surface area contributed by atoms with Crippen molar-refractivity contribution >= 4 is 11.8 Å². The molecule has 0 radical (unpaired) electrons. The van der Waals surface area contributed by atoms with Crippen LogP contribution in [0.1, 0.15) is 39.3 Å². The van der Waals surface area contributed by atoms with Crippen molar-refractivity contribution in [3.8, 4) is 0 Å². The lowest BCUT2D eigenvalue weighted by molar-refractivity contribution is 0.0636. The van der Waals surface area contributed by atoms with Crippen LogP contribution >= 0.6 is 0 Å². The third-order valence-corrected chi connectivity index (χ3v) is 2.14. The van der Waals surface area contributed by atoms with E-state index in [1.165, 1.54) is 6.07 Å². The maximum Gasteiger partial charge on any atom is 0.412 e. The SMILES string of the molecule is C[C@H](N)c1ccc(NC(=O)OC(C)(C)C)cc1F. The molecule has 1 atom stereocenters. The van der Waals surface area contributed by atoms with Crippen molar-refractivity contribution in [2.45, 2.75) is 39.3 Å². The van der Waals surface area contributed by atoms with Crippen LogP contribution in [0.5, 0.6) is 0 Å². The monoisotopic (exact) mass is 254 g/mol. The first-order valence-corrected chi connectivity index (χ1v) is 5.74. The standard InChI is InChI=1S/C13H19FN2O2/c1-8(15)10-6-5-9(7-11(10)14)16-12(17)18-13(2,3)4/h5-8H,15H2,1-4H3,(H,16,17)/t8-/m0/s1. The fourth-order valence-electron chi connectivity index (χ4n) is 1.40. The van der Waals surface area contributed by atoms with Crippen LogP contribution < -0.4 is 11.1 Å². The van der Waals surface area contributed by atoms with E-state index in [1.54, 1.807) is 39.8 Å². The molecule has 0 aromatic heterocycles. The Morgan fingerprint density at radius 2 is 2.06 bits per heavy atom. The second kappa shape index (κ2) is 5.35.